The highest BCUT2D eigenvalue weighted by molar-refractivity contribution is 7.89. The maximum absolute atomic E-state index is 14.0. The molecule has 2 aromatic carbocycles. The molecule has 1 aromatic heterocycles. The third-order valence-corrected chi connectivity index (χ3v) is 6.14. The molecule has 1 fully saturated rings. The molecule has 30 heavy (non-hydrogen) atoms. The number of aromatic nitrogens is 1. The van der Waals surface area contributed by atoms with Crippen LogP contribution in [0.25, 0.3) is 10.9 Å². The quantitative estimate of drug-likeness (QED) is 0.623. The molecule has 0 aliphatic heterocycles. The summed E-state index contributed by atoms with van der Waals surface area (Å²) in [5.74, 6) is -1.38. The van der Waals surface area contributed by atoms with E-state index in [0.29, 0.717) is 11.1 Å². The van der Waals surface area contributed by atoms with Crippen LogP contribution in [-0.4, -0.2) is 18.9 Å². The van der Waals surface area contributed by atoms with Gasteiger partial charge in [0.25, 0.3) is 5.91 Å². The molecule has 0 atom stereocenters. The first-order chi connectivity index (χ1) is 14.1. The number of amides is 1. The molecule has 3 N–H and O–H groups in total. The Bertz CT molecular complexity index is 1350. The number of halogens is 2. The second-order valence-electron chi connectivity index (χ2n) is 7.17. The van der Waals surface area contributed by atoms with Gasteiger partial charge >= 0.3 is 0 Å². The molecule has 3 aromatic rings. The first-order valence-corrected chi connectivity index (χ1v) is 11.0. The van der Waals surface area contributed by atoms with Crippen LogP contribution < -0.4 is 15.9 Å². The number of nitrogens with two attached hydrogens (primary N) is 1. The van der Waals surface area contributed by atoms with Crippen LogP contribution in [0.2, 0.25) is 5.02 Å². The zero-order valence-electron chi connectivity index (χ0n) is 15.6. The number of benzene rings is 2. The molecule has 156 valence electrons. The van der Waals surface area contributed by atoms with Crippen LogP contribution in [0.5, 0.6) is 0 Å². The zero-order valence-corrected chi connectivity index (χ0v) is 17.1. The van der Waals surface area contributed by atoms with Gasteiger partial charge in [-0.3, -0.25) is 9.59 Å². The van der Waals surface area contributed by atoms with Gasteiger partial charge in [-0.15, -0.1) is 0 Å². The molecule has 1 saturated carbocycles. The highest BCUT2D eigenvalue weighted by Crippen LogP contribution is 2.37. The largest absolute Gasteiger partial charge is 0.348 e. The van der Waals surface area contributed by atoms with Crippen molar-refractivity contribution in [2.24, 2.45) is 5.14 Å². The van der Waals surface area contributed by atoms with E-state index in [4.69, 9.17) is 16.7 Å². The van der Waals surface area contributed by atoms with Gasteiger partial charge in [-0.05, 0) is 42.7 Å². The molecule has 1 heterocycles. The van der Waals surface area contributed by atoms with E-state index in [-0.39, 0.29) is 33.5 Å². The average molecular weight is 450 g/mol. The van der Waals surface area contributed by atoms with Crippen LogP contribution in [0.15, 0.2) is 52.3 Å². The number of hydrogen-bond acceptors (Lipinski definition) is 4. The molecular weight excluding hydrogens is 433 g/mol. The summed E-state index contributed by atoms with van der Waals surface area (Å²) >= 11 is 5.88. The number of primary sulfonamides is 1. The summed E-state index contributed by atoms with van der Waals surface area (Å²) in [6, 6.07) is 8.37. The highest BCUT2D eigenvalue weighted by Gasteiger charge is 2.27. The Hall–Kier alpha value is -2.75. The number of rotatable bonds is 5. The van der Waals surface area contributed by atoms with Gasteiger partial charge in [-0.1, -0.05) is 23.7 Å². The third kappa shape index (κ3) is 3.96. The lowest BCUT2D eigenvalue weighted by molar-refractivity contribution is 0.0949. The number of sulfonamides is 1. The van der Waals surface area contributed by atoms with Crippen molar-refractivity contribution >= 4 is 38.4 Å². The monoisotopic (exact) mass is 449 g/mol. The minimum atomic E-state index is -3.88. The van der Waals surface area contributed by atoms with E-state index in [0.717, 1.165) is 18.9 Å². The van der Waals surface area contributed by atoms with Gasteiger partial charge in [-0.2, -0.15) is 0 Å². The van der Waals surface area contributed by atoms with E-state index < -0.39 is 27.2 Å². The Morgan fingerprint density at radius 1 is 1.27 bits per heavy atom. The van der Waals surface area contributed by atoms with Crippen molar-refractivity contribution in [2.45, 2.75) is 30.3 Å². The van der Waals surface area contributed by atoms with E-state index in [9.17, 15) is 22.4 Å². The molecule has 0 saturated heterocycles. The van der Waals surface area contributed by atoms with Gasteiger partial charge in [0.05, 0.1) is 15.4 Å². The van der Waals surface area contributed by atoms with E-state index in [1.54, 1.807) is 10.6 Å². The predicted octanol–water partition coefficient (Wildman–Crippen LogP) is 2.71. The lowest BCUT2D eigenvalue weighted by Gasteiger charge is -2.13. The van der Waals surface area contributed by atoms with Gasteiger partial charge in [-0.25, -0.2) is 17.9 Å². The highest BCUT2D eigenvalue weighted by atomic mass is 35.5. The van der Waals surface area contributed by atoms with Crippen LogP contribution in [0.1, 0.15) is 34.8 Å². The summed E-state index contributed by atoms with van der Waals surface area (Å²) in [6.07, 6.45) is 3.23. The third-order valence-electron chi connectivity index (χ3n) is 4.94. The van der Waals surface area contributed by atoms with Crippen molar-refractivity contribution in [3.63, 3.8) is 0 Å². The Morgan fingerprint density at radius 2 is 2.00 bits per heavy atom. The lowest BCUT2D eigenvalue weighted by Crippen LogP contribution is -2.29. The first kappa shape index (κ1) is 20.5. The molecular formula is C20H17ClFN3O4S. The Morgan fingerprint density at radius 3 is 2.67 bits per heavy atom. The maximum Gasteiger partial charge on any atom is 0.257 e. The van der Waals surface area contributed by atoms with Crippen LogP contribution >= 0.6 is 11.6 Å². The van der Waals surface area contributed by atoms with Gasteiger partial charge in [0.2, 0.25) is 15.5 Å². The van der Waals surface area contributed by atoms with Gasteiger partial charge in [0.15, 0.2) is 0 Å². The number of hydrogen-bond donors (Lipinski definition) is 2. The molecule has 0 unspecified atom stereocenters. The van der Waals surface area contributed by atoms with Crippen molar-refractivity contribution < 1.29 is 17.6 Å². The standard InChI is InChI=1S/C20H17ClFN3O4S/c21-16-8-18-14(7-17(16)22)19(26)15(10-25(18)12-4-5-12)20(27)24-9-11-2-1-3-13(6-11)30(23,28)29/h1-3,6-8,10,12H,4-5,9H2,(H,24,27)(H2,23,28,29). The first-order valence-electron chi connectivity index (χ1n) is 9.09. The topological polar surface area (TPSA) is 111 Å². The number of carbonyl (C=O) groups is 1. The normalized spacial score (nSPS) is 14.1. The predicted molar refractivity (Wildman–Crippen MR) is 110 cm³/mol. The minimum Gasteiger partial charge on any atom is -0.348 e. The summed E-state index contributed by atoms with van der Waals surface area (Å²) in [5.41, 5.74) is 0.245. The molecule has 7 nitrogen and oxygen atoms in total. The molecule has 1 amide bonds. The van der Waals surface area contributed by atoms with Crippen LogP contribution in [-0.2, 0) is 16.6 Å². The summed E-state index contributed by atoms with van der Waals surface area (Å²) in [4.78, 5) is 25.5. The molecule has 0 radical (unpaired) electrons. The van der Waals surface area contributed by atoms with Gasteiger partial charge < -0.3 is 9.88 Å². The minimum absolute atomic E-state index is 0.0158. The fraction of sp³-hybridized carbons (Fsp3) is 0.200. The molecule has 0 spiro atoms. The summed E-state index contributed by atoms with van der Waals surface area (Å²) in [6.45, 7) is -0.0158. The molecule has 1 aliphatic rings. The lowest BCUT2D eigenvalue weighted by atomic mass is 10.1. The molecule has 0 bridgehead atoms. The van der Waals surface area contributed by atoms with Crippen LogP contribution in [0.3, 0.4) is 0 Å². The van der Waals surface area contributed by atoms with Crippen molar-refractivity contribution in [2.75, 3.05) is 0 Å². The molecule has 4 rings (SSSR count). The van der Waals surface area contributed by atoms with Crippen molar-refractivity contribution in [3.8, 4) is 0 Å². The Kier molecular flexibility index (Phi) is 5.13. The zero-order chi connectivity index (χ0) is 21.6. The summed E-state index contributed by atoms with van der Waals surface area (Å²) in [5, 5.41) is 7.71. The average Bonchev–Trinajstić information content (AvgIpc) is 3.53. The van der Waals surface area contributed by atoms with Crippen molar-refractivity contribution in [3.05, 3.63) is 74.8 Å². The van der Waals surface area contributed by atoms with Crippen molar-refractivity contribution in [1.29, 1.82) is 0 Å². The van der Waals surface area contributed by atoms with E-state index in [1.165, 1.54) is 30.5 Å². The summed E-state index contributed by atoms with van der Waals surface area (Å²) < 4.78 is 38.7. The molecule has 10 heteroatoms. The SMILES string of the molecule is NS(=O)(=O)c1cccc(CNC(=O)c2cn(C3CC3)c3cc(Cl)c(F)cc3c2=O)c1. The fourth-order valence-corrected chi connectivity index (χ4v) is 4.01. The smallest absolute Gasteiger partial charge is 0.257 e. The second kappa shape index (κ2) is 7.50. The number of nitrogens with zero attached hydrogens (tertiary/aromatic N) is 1. The number of fused-ring (bicyclic) bond motifs is 1. The Labute approximate surface area is 176 Å². The summed E-state index contributed by atoms with van der Waals surface area (Å²) in [7, 11) is -3.88. The fourth-order valence-electron chi connectivity index (χ4n) is 3.27. The Balaban J connectivity index is 1.68. The maximum atomic E-state index is 14.0. The van der Waals surface area contributed by atoms with Crippen LogP contribution in [0.4, 0.5) is 4.39 Å². The number of pyridine rings is 1. The number of nitrogens with one attached hydrogen (secondary N) is 1. The van der Waals surface area contributed by atoms with E-state index in [1.807, 2.05) is 0 Å². The number of carbonyl (C=O) groups excluding carboxylic acids is 1. The van der Waals surface area contributed by atoms with Crippen LogP contribution in [0, 0.1) is 5.82 Å². The van der Waals surface area contributed by atoms with Gasteiger partial charge in [0.1, 0.15) is 11.4 Å². The van der Waals surface area contributed by atoms with E-state index >= 15 is 0 Å². The second-order valence-corrected chi connectivity index (χ2v) is 9.14. The van der Waals surface area contributed by atoms with Gasteiger partial charge in [0, 0.05) is 24.2 Å². The van der Waals surface area contributed by atoms with Crippen molar-refractivity contribution in [1.82, 2.24) is 9.88 Å². The van der Waals surface area contributed by atoms with E-state index in [2.05, 4.69) is 5.32 Å². The molecule has 1 aliphatic carbocycles.